The van der Waals surface area contributed by atoms with Crippen molar-refractivity contribution in [3.63, 3.8) is 0 Å². The maximum Gasteiger partial charge on any atom is 0.315 e. The van der Waals surface area contributed by atoms with Crippen LogP contribution in [0.25, 0.3) is 0 Å². The van der Waals surface area contributed by atoms with Crippen LogP contribution in [0.4, 0.5) is 4.79 Å². The van der Waals surface area contributed by atoms with Gasteiger partial charge in [-0.2, -0.15) is 0 Å². The van der Waals surface area contributed by atoms with E-state index in [1.807, 2.05) is 13.0 Å². The van der Waals surface area contributed by atoms with E-state index in [0.29, 0.717) is 18.5 Å². The zero-order chi connectivity index (χ0) is 18.3. The van der Waals surface area contributed by atoms with Crippen LogP contribution < -0.4 is 10.6 Å². The van der Waals surface area contributed by atoms with Gasteiger partial charge in [-0.15, -0.1) is 0 Å². The van der Waals surface area contributed by atoms with Gasteiger partial charge in [-0.3, -0.25) is 4.90 Å². The van der Waals surface area contributed by atoms with Crippen LogP contribution in [0.2, 0.25) is 0 Å². The monoisotopic (exact) mass is 347 g/mol. The Bertz CT molecular complexity index is 537. The highest BCUT2D eigenvalue weighted by Crippen LogP contribution is 2.24. The normalized spacial score (nSPS) is 23.2. The lowest BCUT2D eigenvalue weighted by Gasteiger charge is -2.28. The second kappa shape index (κ2) is 9.20. The fourth-order valence-corrected chi connectivity index (χ4v) is 3.69. The number of carbonyl (C=O) groups is 1. The van der Waals surface area contributed by atoms with Crippen molar-refractivity contribution >= 4 is 6.03 Å². The highest BCUT2D eigenvalue weighted by atomic mass is 16.3. The Morgan fingerprint density at radius 1 is 1.36 bits per heavy atom. The average Bonchev–Trinajstić information content (AvgIpc) is 2.94. The van der Waals surface area contributed by atoms with Crippen LogP contribution in [0.1, 0.15) is 45.6 Å². The fraction of sp³-hybridized carbons (Fsp3) is 0.650. The number of hydrogen-bond donors (Lipinski definition) is 3. The van der Waals surface area contributed by atoms with Crippen LogP contribution in [0.15, 0.2) is 30.3 Å². The summed E-state index contributed by atoms with van der Waals surface area (Å²) in [4.78, 5) is 14.6. The molecule has 5 nitrogen and oxygen atoms in total. The molecule has 1 heterocycles. The van der Waals surface area contributed by atoms with Gasteiger partial charge < -0.3 is 15.7 Å². The summed E-state index contributed by atoms with van der Waals surface area (Å²) in [7, 11) is 0. The number of benzene rings is 1. The maximum atomic E-state index is 12.2. The number of amides is 2. The van der Waals surface area contributed by atoms with E-state index in [2.05, 4.69) is 53.6 Å². The van der Waals surface area contributed by atoms with Crippen molar-refractivity contribution < 1.29 is 9.90 Å². The predicted octanol–water partition coefficient (Wildman–Crippen LogP) is 2.75. The molecule has 1 saturated heterocycles. The van der Waals surface area contributed by atoms with Crippen molar-refractivity contribution in [2.45, 2.75) is 58.2 Å². The quantitative estimate of drug-likeness (QED) is 0.677. The van der Waals surface area contributed by atoms with E-state index in [9.17, 15) is 9.90 Å². The van der Waals surface area contributed by atoms with Crippen molar-refractivity contribution in [2.24, 2.45) is 5.92 Å². The number of hydrogen-bond acceptors (Lipinski definition) is 3. The van der Waals surface area contributed by atoms with Crippen molar-refractivity contribution in [1.29, 1.82) is 0 Å². The Balaban J connectivity index is 1.77. The molecule has 2 rings (SSSR count). The molecular weight excluding hydrogens is 314 g/mol. The molecule has 1 fully saturated rings. The molecule has 2 amide bonds. The molecule has 0 aromatic heterocycles. The molecule has 1 aromatic rings. The fourth-order valence-electron chi connectivity index (χ4n) is 3.69. The van der Waals surface area contributed by atoms with Gasteiger partial charge in [-0.1, -0.05) is 43.7 Å². The minimum Gasteiger partial charge on any atom is -0.394 e. The molecule has 0 bridgehead atoms. The van der Waals surface area contributed by atoms with E-state index in [0.717, 1.165) is 32.4 Å². The lowest BCUT2D eigenvalue weighted by atomic mass is 9.97. The maximum absolute atomic E-state index is 12.2. The molecule has 3 unspecified atom stereocenters. The van der Waals surface area contributed by atoms with Gasteiger partial charge in [0.2, 0.25) is 0 Å². The molecule has 0 radical (unpaired) electrons. The summed E-state index contributed by atoms with van der Waals surface area (Å²) >= 11 is 0. The van der Waals surface area contributed by atoms with Gasteiger partial charge >= 0.3 is 6.03 Å². The molecular formula is C20H33N3O2. The standard InChI is InChI=1S/C20H33N3O2/c1-4-10-20(3,15-24)22-19(25)21-12-18-11-16(2)23(14-18)13-17-8-6-5-7-9-17/h5-9,16,18,24H,4,10-15H2,1-3H3,(H2,21,22,25). The van der Waals surface area contributed by atoms with Crippen LogP contribution in [-0.4, -0.2) is 47.3 Å². The van der Waals surface area contributed by atoms with Crippen molar-refractivity contribution in [3.05, 3.63) is 35.9 Å². The molecule has 140 valence electrons. The van der Waals surface area contributed by atoms with Crippen molar-refractivity contribution in [1.82, 2.24) is 15.5 Å². The smallest absolute Gasteiger partial charge is 0.315 e. The van der Waals surface area contributed by atoms with Gasteiger partial charge in [0.25, 0.3) is 0 Å². The van der Waals surface area contributed by atoms with Crippen molar-refractivity contribution in [2.75, 3.05) is 19.7 Å². The van der Waals surface area contributed by atoms with Gasteiger partial charge in [0, 0.05) is 25.7 Å². The molecule has 5 heteroatoms. The minimum atomic E-state index is -0.541. The molecule has 25 heavy (non-hydrogen) atoms. The highest BCUT2D eigenvalue weighted by molar-refractivity contribution is 5.74. The largest absolute Gasteiger partial charge is 0.394 e. The molecule has 0 aliphatic carbocycles. The summed E-state index contributed by atoms with van der Waals surface area (Å²) in [5.41, 5.74) is 0.792. The number of rotatable bonds is 8. The topological polar surface area (TPSA) is 64.6 Å². The van der Waals surface area contributed by atoms with Gasteiger partial charge in [0.05, 0.1) is 12.1 Å². The van der Waals surface area contributed by atoms with Crippen LogP contribution in [0.3, 0.4) is 0 Å². The highest BCUT2D eigenvalue weighted by Gasteiger charge is 2.30. The van der Waals surface area contributed by atoms with Crippen LogP contribution in [0.5, 0.6) is 0 Å². The zero-order valence-electron chi connectivity index (χ0n) is 15.8. The molecule has 3 atom stereocenters. The van der Waals surface area contributed by atoms with E-state index < -0.39 is 5.54 Å². The summed E-state index contributed by atoms with van der Waals surface area (Å²) in [6.45, 7) is 8.79. The van der Waals surface area contributed by atoms with E-state index >= 15 is 0 Å². The molecule has 1 aromatic carbocycles. The zero-order valence-corrected chi connectivity index (χ0v) is 15.8. The number of aliphatic hydroxyl groups excluding tert-OH is 1. The average molecular weight is 348 g/mol. The summed E-state index contributed by atoms with van der Waals surface area (Å²) in [5.74, 6) is 0.469. The molecule has 0 saturated carbocycles. The number of likely N-dealkylation sites (tertiary alicyclic amines) is 1. The number of aliphatic hydroxyl groups is 1. The Labute approximate surface area is 151 Å². The molecule has 1 aliphatic rings. The second-order valence-corrected chi connectivity index (χ2v) is 7.67. The van der Waals surface area contributed by atoms with Crippen LogP contribution in [-0.2, 0) is 6.54 Å². The molecule has 3 N–H and O–H groups in total. The van der Waals surface area contributed by atoms with Crippen LogP contribution >= 0.6 is 0 Å². The third-order valence-corrected chi connectivity index (χ3v) is 5.14. The number of carbonyl (C=O) groups excluding carboxylic acids is 1. The summed E-state index contributed by atoms with van der Waals surface area (Å²) in [6, 6.07) is 10.9. The lowest BCUT2D eigenvalue weighted by Crippen LogP contribution is -2.53. The predicted molar refractivity (Wildman–Crippen MR) is 101 cm³/mol. The number of nitrogens with zero attached hydrogens (tertiary/aromatic N) is 1. The van der Waals surface area contributed by atoms with E-state index in [1.54, 1.807) is 0 Å². The minimum absolute atomic E-state index is 0.0421. The first kappa shape index (κ1) is 19.7. The van der Waals surface area contributed by atoms with Gasteiger partial charge in [-0.05, 0) is 38.2 Å². The Morgan fingerprint density at radius 2 is 2.08 bits per heavy atom. The van der Waals surface area contributed by atoms with Gasteiger partial charge in [-0.25, -0.2) is 4.79 Å². The molecule has 1 aliphatic heterocycles. The third kappa shape index (κ3) is 6.01. The molecule has 0 spiro atoms. The summed E-state index contributed by atoms with van der Waals surface area (Å²) < 4.78 is 0. The van der Waals surface area contributed by atoms with Gasteiger partial charge in [0.15, 0.2) is 0 Å². The SMILES string of the molecule is CCCC(C)(CO)NC(=O)NCC1CC(C)N(Cc2ccccc2)C1. The number of urea groups is 1. The summed E-state index contributed by atoms with van der Waals surface area (Å²) in [5, 5.41) is 15.4. The third-order valence-electron chi connectivity index (χ3n) is 5.14. The summed E-state index contributed by atoms with van der Waals surface area (Å²) in [6.07, 6.45) is 2.79. The van der Waals surface area contributed by atoms with E-state index in [1.165, 1.54) is 5.56 Å². The van der Waals surface area contributed by atoms with Crippen LogP contribution in [0, 0.1) is 5.92 Å². The van der Waals surface area contributed by atoms with E-state index in [4.69, 9.17) is 0 Å². The second-order valence-electron chi connectivity index (χ2n) is 7.67. The lowest BCUT2D eigenvalue weighted by molar-refractivity contribution is 0.163. The Hall–Kier alpha value is -1.59. The number of nitrogens with one attached hydrogen (secondary N) is 2. The first-order chi connectivity index (χ1) is 12.0. The van der Waals surface area contributed by atoms with Gasteiger partial charge in [0.1, 0.15) is 0 Å². The van der Waals surface area contributed by atoms with E-state index in [-0.39, 0.29) is 12.6 Å². The first-order valence-electron chi connectivity index (χ1n) is 9.40. The van der Waals surface area contributed by atoms with Crippen molar-refractivity contribution in [3.8, 4) is 0 Å². The first-order valence-corrected chi connectivity index (χ1v) is 9.40. The Kier molecular flexibility index (Phi) is 7.26. The Morgan fingerprint density at radius 3 is 2.72 bits per heavy atom.